The van der Waals surface area contributed by atoms with Crippen LogP contribution < -0.4 is 5.32 Å². The quantitative estimate of drug-likeness (QED) is 0.753. The lowest BCUT2D eigenvalue weighted by atomic mass is 9.99. The lowest BCUT2D eigenvalue weighted by molar-refractivity contribution is -0.141. The summed E-state index contributed by atoms with van der Waals surface area (Å²) in [4.78, 5) is 24.8. The summed E-state index contributed by atoms with van der Waals surface area (Å²) >= 11 is 0. The van der Waals surface area contributed by atoms with Crippen LogP contribution in [0.25, 0.3) is 0 Å². The Morgan fingerprint density at radius 2 is 1.84 bits per heavy atom. The van der Waals surface area contributed by atoms with Gasteiger partial charge in [0, 0.05) is 13.1 Å². The van der Waals surface area contributed by atoms with Crippen LogP contribution in [-0.4, -0.2) is 59.8 Å². The average molecular weight is 272 g/mol. The van der Waals surface area contributed by atoms with Gasteiger partial charge in [0.05, 0.1) is 18.2 Å². The topological polar surface area (TPSA) is 78.9 Å². The van der Waals surface area contributed by atoms with Gasteiger partial charge < -0.3 is 15.2 Å². The predicted octanol–water partition coefficient (Wildman–Crippen LogP) is 0.321. The molecular weight excluding hydrogens is 248 g/mol. The molecular formula is C13H24N2O4. The summed E-state index contributed by atoms with van der Waals surface area (Å²) in [6.45, 7) is 8.94. The zero-order valence-corrected chi connectivity index (χ0v) is 12.0. The van der Waals surface area contributed by atoms with Crippen LogP contribution in [0.1, 0.15) is 27.7 Å². The SMILES string of the molecule is CC(C)[C@H](C(=O)NCC(=O)O)N1C[C@@H](C)O[C@H](C)C1. The Bertz CT molecular complexity index is 323. The standard InChI is InChI=1S/C13H24N2O4/c1-8(2)12(13(18)14-5-11(16)17)15-6-9(3)19-10(4)7-15/h8-10,12H,5-7H2,1-4H3,(H,14,18)(H,16,17)/t9-,10-,12-/m1/s1. The van der Waals surface area contributed by atoms with Crippen molar-refractivity contribution in [1.82, 2.24) is 10.2 Å². The third-order valence-corrected chi connectivity index (χ3v) is 3.16. The molecule has 0 aliphatic carbocycles. The smallest absolute Gasteiger partial charge is 0.322 e. The number of amides is 1. The number of nitrogens with zero attached hydrogens (tertiary/aromatic N) is 1. The van der Waals surface area contributed by atoms with E-state index in [-0.39, 0.29) is 36.6 Å². The molecule has 0 bridgehead atoms. The van der Waals surface area contributed by atoms with E-state index in [1.54, 1.807) is 0 Å². The fraction of sp³-hybridized carbons (Fsp3) is 0.846. The summed E-state index contributed by atoms with van der Waals surface area (Å²) < 4.78 is 5.66. The highest BCUT2D eigenvalue weighted by atomic mass is 16.5. The van der Waals surface area contributed by atoms with Crippen LogP contribution in [0, 0.1) is 5.92 Å². The Kier molecular flexibility index (Phi) is 5.75. The highest BCUT2D eigenvalue weighted by Crippen LogP contribution is 2.18. The van der Waals surface area contributed by atoms with Crippen LogP contribution in [-0.2, 0) is 14.3 Å². The van der Waals surface area contributed by atoms with Crippen LogP contribution in [0.2, 0.25) is 0 Å². The normalized spacial score (nSPS) is 26.2. The first-order chi connectivity index (χ1) is 8.81. The van der Waals surface area contributed by atoms with E-state index in [2.05, 4.69) is 10.2 Å². The first kappa shape index (κ1) is 15.9. The van der Waals surface area contributed by atoms with E-state index in [0.717, 1.165) is 0 Å². The van der Waals surface area contributed by atoms with E-state index in [4.69, 9.17) is 9.84 Å². The molecule has 1 saturated heterocycles. The molecule has 0 aromatic rings. The molecule has 0 radical (unpaired) electrons. The van der Waals surface area contributed by atoms with Crippen molar-refractivity contribution in [2.75, 3.05) is 19.6 Å². The molecule has 19 heavy (non-hydrogen) atoms. The number of aliphatic carboxylic acids is 1. The second kappa shape index (κ2) is 6.86. The molecule has 1 rings (SSSR count). The minimum Gasteiger partial charge on any atom is -0.480 e. The van der Waals surface area contributed by atoms with Crippen molar-refractivity contribution < 1.29 is 19.4 Å². The Labute approximate surface area is 114 Å². The lowest BCUT2D eigenvalue weighted by Gasteiger charge is -2.40. The third-order valence-electron chi connectivity index (χ3n) is 3.16. The van der Waals surface area contributed by atoms with E-state index in [1.165, 1.54) is 0 Å². The zero-order chi connectivity index (χ0) is 14.6. The largest absolute Gasteiger partial charge is 0.480 e. The monoisotopic (exact) mass is 272 g/mol. The number of carbonyl (C=O) groups excluding carboxylic acids is 1. The minimum atomic E-state index is -1.03. The van der Waals surface area contributed by atoms with E-state index in [0.29, 0.717) is 13.1 Å². The number of morpholine rings is 1. The number of rotatable bonds is 5. The summed E-state index contributed by atoms with van der Waals surface area (Å²) in [5.41, 5.74) is 0. The van der Waals surface area contributed by atoms with Crippen LogP contribution in [0.5, 0.6) is 0 Å². The van der Waals surface area contributed by atoms with Crippen molar-refractivity contribution in [1.29, 1.82) is 0 Å². The molecule has 0 saturated carbocycles. The third kappa shape index (κ3) is 4.80. The molecule has 1 heterocycles. The van der Waals surface area contributed by atoms with Crippen LogP contribution in [0.4, 0.5) is 0 Å². The average Bonchev–Trinajstić information content (AvgIpc) is 2.24. The van der Waals surface area contributed by atoms with Gasteiger partial charge in [-0.3, -0.25) is 14.5 Å². The summed E-state index contributed by atoms with van der Waals surface area (Å²) in [5, 5.41) is 11.1. The molecule has 6 nitrogen and oxygen atoms in total. The second-order valence-electron chi connectivity index (χ2n) is 5.51. The number of ether oxygens (including phenoxy) is 1. The number of nitrogens with one attached hydrogen (secondary N) is 1. The number of carbonyl (C=O) groups is 2. The maximum atomic E-state index is 12.1. The first-order valence-electron chi connectivity index (χ1n) is 6.70. The van der Waals surface area contributed by atoms with Crippen molar-refractivity contribution in [2.24, 2.45) is 5.92 Å². The van der Waals surface area contributed by atoms with Gasteiger partial charge in [-0.05, 0) is 19.8 Å². The molecule has 0 aromatic heterocycles. The summed E-state index contributed by atoms with van der Waals surface area (Å²) in [5.74, 6) is -1.13. The van der Waals surface area contributed by atoms with Gasteiger partial charge in [-0.25, -0.2) is 0 Å². The molecule has 0 aromatic carbocycles. The Hall–Kier alpha value is -1.14. The molecule has 1 amide bonds. The van der Waals surface area contributed by atoms with Crippen LogP contribution in [0.15, 0.2) is 0 Å². The van der Waals surface area contributed by atoms with E-state index in [1.807, 2.05) is 27.7 Å². The zero-order valence-electron chi connectivity index (χ0n) is 12.0. The van der Waals surface area contributed by atoms with Gasteiger partial charge in [0.1, 0.15) is 6.54 Å². The second-order valence-corrected chi connectivity index (χ2v) is 5.51. The fourth-order valence-electron chi connectivity index (χ4n) is 2.60. The van der Waals surface area contributed by atoms with Crippen molar-refractivity contribution in [3.05, 3.63) is 0 Å². The molecule has 3 atom stereocenters. The van der Waals surface area contributed by atoms with Crippen molar-refractivity contribution in [3.8, 4) is 0 Å². The van der Waals surface area contributed by atoms with Crippen molar-refractivity contribution >= 4 is 11.9 Å². The Morgan fingerprint density at radius 3 is 2.26 bits per heavy atom. The number of hydrogen-bond donors (Lipinski definition) is 2. The summed E-state index contributed by atoms with van der Waals surface area (Å²) in [7, 11) is 0. The van der Waals surface area contributed by atoms with Gasteiger partial charge in [0.15, 0.2) is 0 Å². The van der Waals surface area contributed by atoms with Crippen LogP contribution in [0.3, 0.4) is 0 Å². The maximum absolute atomic E-state index is 12.1. The molecule has 2 N–H and O–H groups in total. The number of carboxylic acid groups (broad SMARTS) is 1. The molecule has 0 spiro atoms. The van der Waals surface area contributed by atoms with Crippen molar-refractivity contribution in [3.63, 3.8) is 0 Å². The maximum Gasteiger partial charge on any atom is 0.322 e. The molecule has 6 heteroatoms. The molecule has 0 unspecified atom stereocenters. The minimum absolute atomic E-state index is 0.0808. The fourth-order valence-corrected chi connectivity index (χ4v) is 2.60. The number of carboxylic acids is 1. The van der Waals surface area contributed by atoms with E-state index >= 15 is 0 Å². The Balaban J connectivity index is 2.70. The molecule has 1 fully saturated rings. The van der Waals surface area contributed by atoms with Gasteiger partial charge in [-0.15, -0.1) is 0 Å². The lowest BCUT2D eigenvalue weighted by Crippen LogP contribution is -2.57. The summed E-state index contributed by atoms with van der Waals surface area (Å²) in [6.07, 6.45) is 0.162. The summed E-state index contributed by atoms with van der Waals surface area (Å²) in [6, 6.07) is -0.312. The molecule has 1 aliphatic heterocycles. The van der Waals surface area contributed by atoms with Gasteiger partial charge in [-0.1, -0.05) is 13.8 Å². The van der Waals surface area contributed by atoms with Crippen molar-refractivity contribution in [2.45, 2.75) is 45.9 Å². The Morgan fingerprint density at radius 1 is 1.32 bits per heavy atom. The predicted molar refractivity (Wildman–Crippen MR) is 70.9 cm³/mol. The van der Waals surface area contributed by atoms with Crippen LogP contribution >= 0.6 is 0 Å². The highest BCUT2D eigenvalue weighted by molar-refractivity contribution is 5.85. The van der Waals surface area contributed by atoms with E-state index < -0.39 is 5.97 Å². The highest BCUT2D eigenvalue weighted by Gasteiger charge is 2.34. The number of hydrogen-bond acceptors (Lipinski definition) is 4. The van der Waals surface area contributed by atoms with Gasteiger partial charge in [-0.2, -0.15) is 0 Å². The van der Waals surface area contributed by atoms with E-state index in [9.17, 15) is 9.59 Å². The van der Waals surface area contributed by atoms with Gasteiger partial charge in [0.2, 0.25) is 5.91 Å². The first-order valence-corrected chi connectivity index (χ1v) is 6.70. The molecule has 1 aliphatic rings. The molecule has 110 valence electrons. The van der Waals surface area contributed by atoms with Gasteiger partial charge >= 0.3 is 5.97 Å². The van der Waals surface area contributed by atoms with Gasteiger partial charge in [0.25, 0.3) is 0 Å².